The molecule has 1 amide bonds. The van der Waals surface area contributed by atoms with Crippen LogP contribution in [-0.4, -0.2) is 78.3 Å². The Labute approximate surface area is 226 Å². The van der Waals surface area contributed by atoms with Gasteiger partial charge >= 0.3 is 5.51 Å². The van der Waals surface area contributed by atoms with E-state index in [-0.39, 0.29) is 47.1 Å². The van der Waals surface area contributed by atoms with Crippen molar-refractivity contribution in [2.24, 2.45) is 0 Å². The molecule has 1 saturated heterocycles. The fourth-order valence-corrected chi connectivity index (χ4v) is 5.41. The number of thioether (sulfide) groups is 1. The number of hydrogen-bond acceptors (Lipinski definition) is 7. The molecule has 39 heavy (non-hydrogen) atoms. The second-order valence-electron chi connectivity index (χ2n) is 9.29. The number of fused-ring (bicyclic) bond motifs is 2. The van der Waals surface area contributed by atoms with Crippen LogP contribution < -0.4 is 20.7 Å². The molecule has 5 rings (SSSR count). The van der Waals surface area contributed by atoms with E-state index in [2.05, 4.69) is 32.8 Å². The van der Waals surface area contributed by atoms with Crippen LogP contribution in [0.25, 0.3) is 5.65 Å². The third-order valence-corrected chi connectivity index (χ3v) is 7.33. The molecule has 0 saturated carbocycles. The summed E-state index contributed by atoms with van der Waals surface area (Å²) in [5, 5.41) is 8.83. The van der Waals surface area contributed by atoms with E-state index in [9.17, 15) is 22.4 Å². The predicted molar refractivity (Wildman–Crippen MR) is 141 cm³/mol. The molecule has 0 radical (unpaired) electrons. The van der Waals surface area contributed by atoms with E-state index < -0.39 is 17.7 Å². The number of carbonyl (C=O) groups is 1. The van der Waals surface area contributed by atoms with Crippen molar-refractivity contribution >= 4 is 34.7 Å². The van der Waals surface area contributed by atoms with Crippen molar-refractivity contribution in [3.05, 3.63) is 47.3 Å². The first kappa shape index (κ1) is 27.0. The Morgan fingerprint density at radius 3 is 2.82 bits per heavy atom. The summed E-state index contributed by atoms with van der Waals surface area (Å²) in [4.78, 5) is 18.4. The topological polar surface area (TPSA) is 82.9 Å². The third kappa shape index (κ3) is 5.86. The van der Waals surface area contributed by atoms with Crippen LogP contribution in [0.4, 0.5) is 28.9 Å². The molecule has 2 atom stereocenters. The number of carbonyl (C=O) groups excluding carboxylic acids is 1. The van der Waals surface area contributed by atoms with Crippen molar-refractivity contribution < 1.29 is 27.1 Å². The number of halogens is 4. The average Bonchev–Trinajstić information content (AvgIpc) is 3.39. The van der Waals surface area contributed by atoms with Crippen LogP contribution in [0.5, 0.6) is 5.75 Å². The molecule has 2 aliphatic heterocycles. The van der Waals surface area contributed by atoms with Gasteiger partial charge in [-0.2, -0.15) is 13.2 Å². The number of amides is 1. The minimum absolute atomic E-state index is 0.0391. The van der Waals surface area contributed by atoms with Gasteiger partial charge in [-0.05, 0) is 49.2 Å². The number of methoxy groups -OCH3 is 1. The zero-order valence-electron chi connectivity index (χ0n) is 21.2. The van der Waals surface area contributed by atoms with Gasteiger partial charge < -0.3 is 25.6 Å². The summed E-state index contributed by atoms with van der Waals surface area (Å²) in [7, 11) is 3.29. The first-order chi connectivity index (χ1) is 18.6. The minimum atomic E-state index is -4.56. The van der Waals surface area contributed by atoms with Gasteiger partial charge in [-0.15, -0.1) is 0 Å². The van der Waals surface area contributed by atoms with Crippen molar-refractivity contribution in [1.29, 1.82) is 0 Å². The van der Waals surface area contributed by atoms with Crippen LogP contribution in [0.2, 0.25) is 0 Å². The fraction of sp³-hybridized carbons (Fsp3) is 0.385. The zero-order valence-corrected chi connectivity index (χ0v) is 22.0. The molecule has 4 heterocycles. The summed E-state index contributed by atoms with van der Waals surface area (Å²) in [5.41, 5.74) is -1.91. The average molecular weight is 563 g/mol. The second-order valence-corrected chi connectivity index (χ2v) is 10.3. The number of hydrogen-bond donors (Lipinski definition) is 3. The molecule has 1 aromatic carbocycles. The number of pyridine rings is 1. The number of alkyl halides is 4. The molecule has 0 spiro atoms. The molecule has 3 aromatic rings. The molecular formula is C26H26F4N6O2S. The number of aromatic nitrogens is 2. The van der Waals surface area contributed by atoms with E-state index in [1.54, 1.807) is 25.2 Å². The van der Waals surface area contributed by atoms with Crippen LogP contribution >= 0.6 is 11.8 Å². The highest BCUT2D eigenvalue weighted by Gasteiger charge is 2.34. The molecule has 206 valence electrons. The summed E-state index contributed by atoms with van der Waals surface area (Å²) >= 11 is -0.298. The SMILES string of the molecule is COc1cc2c(cc1NCC#Cc1nc3c(N[C@@H]4CN(C)C[C@@H]4F)cccn3c1SC(F)(F)F)CCNC2=O. The van der Waals surface area contributed by atoms with Crippen molar-refractivity contribution in [3.63, 3.8) is 0 Å². The van der Waals surface area contributed by atoms with Crippen molar-refractivity contribution in [3.8, 4) is 17.6 Å². The Balaban J connectivity index is 1.42. The number of ether oxygens (including phenoxy) is 1. The van der Waals surface area contributed by atoms with Crippen LogP contribution in [-0.2, 0) is 6.42 Å². The zero-order chi connectivity index (χ0) is 27.7. The number of nitrogens with one attached hydrogen (secondary N) is 3. The second kappa shape index (κ2) is 10.9. The van der Waals surface area contributed by atoms with Crippen LogP contribution in [0, 0.1) is 11.8 Å². The number of rotatable bonds is 6. The van der Waals surface area contributed by atoms with Crippen molar-refractivity contribution in [2.45, 2.75) is 29.2 Å². The van der Waals surface area contributed by atoms with Gasteiger partial charge in [-0.25, -0.2) is 9.37 Å². The Bertz CT molecular complexity index is 1460. The highest BCUT2D eigenvalue weighted by molar-refractivity contribution is 8.00. The lowest BCUT2D eigenvalue weighted by atomic mass is 9.99. The summed E-state index contributed by atoms with van der Waals surface area (Å²) in [6.45, 7) is 1.36. The van der Waals surface area contributed by atoms with Gasteiger partial charge in [0.15, 0.2) is 5.65 Å². The van der Waals surface area contributed by atoms with Gasteiger partial charge in [0.2, 0.25) is 0 Å². The Morgan fingerprint density at radius 2 is 2.10 bits per heavy atom. The molecular weight excluding hydrogens is 536 g/mol. The smallest absolute Gasteiger partial charge is 0.447 e. The van der Waals surface area contributed by atoms with Crippen molar-refractivity contribution in [2.75, 3.05) is 51.0 Å². The molecule has 3 N–H and O–H groups in total. The standard InChI is InChI=1S/C26H26F4N6O2S/c1-35-13-17(27)21(14-35)33-18-6-4-10-36-23(18)34-19(25(36)39-26(28,29)30)5-3-8-31-20-11-15-7-9-32-24(37)16(15)12-22(20)38-2/h4,6,10-12,17,21,31,33H,7-9,13-14H2,1-2H3,(H,32,37)/t17-,21+/m0/s1. The number of imidazole rings is 1. The maximum Gasteiger partial charge on any atom is 0.447 e. The largest absolute Gasteiger partial charge is 0.495 e. The monoisotopic (exact) mass is 562 g/mol. The third-order valence-electron chi connectivity index (χ3n) is 6.51. The van der Waals surface area contributed by atoms with Gasteiger partial charge in [0.25, 0.3) is 5.91 Å². The first-order valence-corrected chi connectivity index (χ1v) is 13.0. The lowest BCUT2D eigenvalue weighted by Gasteiger charge is -2.19. The summed E-state index contributed by atoms with van der Waals surface area (Å²) < 4.78 is 61.5. The number of likely N-dealkylation sites (N-methyl/N-ethyl adjacent to an activating group) is 1. The molecule has 2 aromatic heterocycles. The summed E-state index contributed by atoms with van der Waals surface area (Å²) in [6.07, 6.45) is 1.03. The van der Waals surface area contributed by atoms with E-state index in [4.69, 9.17) is 4.74 Å². The van der Waals surface area contributed by atoms with Gasteiger partial charge in [-0.1, -0.05) is 5.92 Å². The molecule has 2 aliphatic rings. The predicted octanol–water partition coefficient (Wildman–Crippen LogP) is 3.77. The Morgan fingerprint density at radius 1 is 1.28 bits per heavy atom. The Kier molecular flexibility index (Phi) is 7.51. The molecule has 0 bridgehead atoms. The molecule has 8 nitrogen and oxygen atoms in total. The van der Waals surface area contributed by atoms with Crippen LogP contribution in [0.15, 0.2) is 35.5 Å². The molecule has 0 aliphatic carbocycles. The number of nitrogens with zero attached hydrogens (tertiary/aromatic N) is 3. The minimum Gasteiger partial charge on any atom is -0.495 e. The van der Waals surface area contributed by atoms with E-state index in [0.717, 1.165) is 5.56 Å². The Hall–Kier alpha value is -3.63. The number of benzene rings is 1. The molecule has 1 fully saturated rings. The van der Waals surface area contributed by atoms with Crippen molar-refractivity contribution in [1.82, 2.24) is 19.6 Å². The fourth-order valence-electron chi connectivity index (χ4n) is 4.76. The molecule has 0 unspecified atom stereocenters. The number of anilines is 2. The van der Waals surface area contributed by atoms with E-state index in [0.29, 0.717) is 42.2 Å². The normalized spacial score (nSPS) is 19.3. The summed E-state index contributed by atoms with van der Waals surface area (Å²) in [6, 6.07) is 6.22. The van der Waals surface area contributed by atoms with Gasteiger partial charge in [0.05, 0.1) is 31.1 Å². The van der Waals surface area contributed by atoms with Crippen LogP contribution in [0.1, 0.15) is 21.6 Å². The highest BCUT2D eigenvalue weighted by atomic mass is 32.2. The lowest BCUT2D eigenvalue weighted by Crippen LogP contribution is -2.31. The first-order valence-electron chi connectivity index (χ1n) is 12.2. The highest BCUT2D eigenvalue weighted by Crippen LogP contribution is 2.39. The van der Waals surface area contributed by atoms with E-state index >= 15 is 0 Å². The van der Waals surface area contributed by atoms with Crippen LogP contribution in [0.3, 0.4) is 0 Å². The maximum absolute atomic E-state index is 14.4. The van der Waals surface area contributed by atoms with Gasteiger partial charge in [-0.3, -0.25) is 9.20 Å². The maximum atomic E-state index is 14.4. The summed E-state index contributed by atoms with van der Waals surface area (Å²) in [5.74, 6) is 5.89. The van der Waals surface area contributed by atoms with E-state index in [1.807, 2.05) is 11.0 Å². The van der Waals surface area contributed by atoms with Gasteiger partial charge in [0.1, 0.15) is 22.6 Å². The lowest BCUT2D eigenvalue weighted by molar-refractivity contribution is -0.0330. The molecule has 13 heteroatoms. The quantitative estimate of drug-likeness (QED) is 0.240. The number of likely N-dealkylation sites (tertiary alicyclic amines) is 1. The van der Waals surface area contributed by atoms with Gasteiger partial charge in [0, 0.05) is 43.2 Å². The van der Waals surface area contributed by atoms with E-state index in [1.165, 1.54) is 17.7 Å².